The van der Waals surface area contributed by atoms with Crippen LogP contribution in [0.4, 0.5) is 34.1 Å². The van der Waals surface area contributed by atoms with Crippen LogP contribution in [0.5, 0.6) is 0 Å². The number of nitrogens with zero attached hydrogens (tertiary/aromatic N) is 2. The van der Waals surface area contributed by atoms with Crippen molar-refractivity contribution in [3.63, 3.8) is 0 Å². The molecule has 11 aromatic rings. The smallest absolute Gasteiger partial charge is 0.0468 e. The van der Waals surface area contributed by atoms with Gasteiger partial charge in [0.2, 0.25) is 0 Å². The van der Waals surface area contributed by atoms with Gasteiger partial charge in [-0.15, -0.1) is 0 Å². The van der Waals surface area contributed by atoms with Crippen molar-refractivity contribution in [1.82, 2.24) is 0 Å². The Kier molecular flexibility index (Phi) is 11.0. The number of rotatable bonds is 9. The summed E-state index contributed by atoms with van der Waals surface area (Å²) in [7, 11) is 0. The second-order valence-corrected chi connectivity index (χ2v) is 21.6. The lowest BCUT2D eigenvalue weighted by molar-refractivity contribution is 0.590. The molecule has 11 aromatic carbocycles. The first-order valence-corrected chi connectivity index (χ1v) is 25.6. The fourth-order valence-electron chi connectivity index (χ4n) is 11.6. The average Bonchev–Trinajstić information content (AvgIpc) is 3.63. The van der Waals surface area contributed by atoms with Crippen molar-refractivity contribution in [2.75, 3.05) is 9.80 Å². The summed E-state index contributed by atoms with van der Waals surface area (Å²) in [5, 5.41) is 7.29. The first-order valence-electron chi connectivity index (χ1n) is 25.6. The third kappa shape index (κ3) is 7.65. The lowest BCUT2D eigenvalue weighted by Crippen LogP contribution is -2.15. The highest BCUT2D eigenvalue weighted by Crippen LogP contribution is 2.53. The quantitative estimate of drug-likeness (QED) is 0.133. The number of benzene rings is 11. The van der Waals surface area contributed by atoms with Gasteiger partial charge < -0.3 is 9.80 Å². The summed E-state index contributed by atoms with van der Waals surface area (Å²) in [5.41, 5.74) is 19.5. The zero-order chi connectivity index (χ0) is 49.3. The lowest BCUT2D eigenvalue weighted by atomic mass is 9.80. The maximum absolute atomic E-state index is 2.51. The van der Waals surface area contributed by atoms with Crippen molar-refractivity contribution in [3.05, 3.63) is 253 Å². The van der Waals surface area contributed by atoms with Crippen LogP contribution < -0.4 is 9.80 Å². The minimum Gasteiger partial charge on any atom is -0.310 e. The molecule has 0 aromatic heterocycles. The maximum Gasteiger partial charge on any atom is 0.0468 e. The minimum atomic E-state index is -0.168. The molecule has 350 valence electrons. The van der Waals surface area contributed by atoms with Crippen LogP contribution in [0.15, 0.2) is 231 Å². The Balaban J connectivity index is 1.20. The van der Waals surface area contributed by atoms with Gasteiger partial charge in [0, 0.05) is 39.5 Å². The van der Waals surface area contributed by atoms with E-state index in [0.29, 0.717) is 5.92 Å². The SMILES string of the molecule is CC(C)c1ccc(N(c2ccc(C(C)(C)C)cc2)c2ccc3c(-c4cccc5ccccc45)c4cc(N(c5ccccc5)c5ccccc5)ccc4c(-c4ccc5c(c4)C(C)(C)c4ccccc4-5)c3c2)cc1. The van der Waals surface area contributed by atoms with Crippen LogP contribution in [0.2, 0.25) is 0 Å². The van der Waals surface area contributed by atoms with Crippen molar-refractivity contribution >= 4 is 66.4 Å². The molecule has 12 rings (SSSR count). The van der Waals surface area contributed by atoms with Gasteiger partial charge >= 0.3 is 0 Å². The van der Waals surface area contributed by atoms with E-state index in [1.807, 2.05) is 0 Å². The fraction of sp³-hybridized carbons (Fsp3) is 0.143. The summed E-state index contributed by atoms with van der Waals surface area (Å²) in [5.74, 6) is 0.431. The minimum absolute atomic E-state index is 0.0318. The Morgan fingerprint density at radius 1 is 0.361 bits per heavy atom. The van der Waals surface area contributed by atoms with E-state index in [1.165, 1.54) is 88.0 Å². The second kappa shape index (κ2) is 17.6. The Labute approximate surface area is 425 Å². The van der Waals surface area contributed by atoms with Gasteiger partial charge in [0.25, 0.3) is 0 Å². The lowest BCUT2D eigenvalue weighted by Gasteiger charge is -2.29. The predicted molar refractivity (Wildman–Crippen MR) is 310 cm³/mol. The number of hydrogen-bond acceptors (Lipinski definition) is 2. The van der Waals surface area contributed by atoms with Gasteiger partial charge in [0.05, 0.1) is 0 Å². The highest BCUT2D eigenvalue weighted by atomic mass is 15.1. The van der Waals surface area contributed by atoms with Crippen LogP contribution >= 0.6 is 0 Å². The van der Waals surface area contributed by atoms with Crippen molar-refractivity contribution in [3.8, 4) is 33.4 Å². The molecule has 0 bridgehead atoms. The molecule has 1 aliphatic rings. The van der Waals surface area contributed by atoms with Gasteiger partial charge in [-0.3, -0.25) is 0 Å². The molecule has 0 aliphatic heterocycles. The molecule has 0 atom stereocenters. The van der Waals surface area contributed by atoms with Gasteiger partial charge in [-0.05, 0) is 178 Å². The van der Waals surface area contributed by atoms with E-state index in [2.05, 4.69) is 289 Å². The third-order valence-electron chi connectivity index (χ3n) is 15.4. The van der Waals surface area contributed by atoms with E-state index in [4.69, 9.17) is 0 Å². The zero-order valence-corrected chi connectivity index (χ0v) is 42.4. The first-order chi connectivity index (χ1) is 34.9. The van der Waals surface area contributed by atoms with Crippen LogP contribution in [-0.4, -0.2) is 0 Å². The van der Waals surface area contributed by atoms with Crippen molar-refractivity contribution in [2.45, 2.75) is 65.2 Å². The molecule has 0 fully saturated rings. The number of fused-ring (bicyclic) bond motifs is 6. The van der Waals surface area contributed by atoms with E-state index >= 15 is 0 Å². The molecule has 72 heavy (non-hydrogen) atoms. The molecule has 0 saturated heterocycles. The molecule has 2 heteroatoms. The van der Waals surface area contributed by atoms with Gasteiger partial charge in [-0.25, -0.2) is 0 Å². The monoisotopic (exact) mass is 928 g/mol. The number of anilines is 6. The zero-order valence-electron chi connectivity index (χ0n) is 42.4. The summed E-state index contributed by atoms with van der Waals surface area (Å²) >= 11 is 0. The van der Waals surface area contributed by atoms with Gasteiger partial charge in [-0.1, -0.05) is 200 Å². The highest BCUT2D eigenvalue weighted by Gasteiger charge is 2.36. The number of hydrogen-bond donors (Lipinski definition) is 0. The molecule has 0 N–H and O–H groups in total. The largest absolute Gasteiger partial charge is 0.310 e. The van der Waals surface area contributed by atoms with E-state index in [1.54, 1.807) is 0 Å². The highest BCUT2D eigenvalue weighted by molar-refractivity contribution is 6.24. The first kappa shape index (κ1) is 45.0. The standard InChI is InChI=1S/C70H60N2/c1-46(2)47-29-34-53(35-30-47)72(54-36-32-50(33-37-54)69(3,4)5)55-39-42-62-63(44-55)67(49-31-40-59-58-26-16-17-28-65(58)70(6,7)66(59)43-49)61-41-38-56(71(51-21-10-8-11-22-51)52-23-12-9-13-24-52)45-64(61)68(62)60-27-18-20-48-19-14-15-25-57(48)60/h8-46H,1-7H3. The molecule has 1 aliphatic carbocycles. The molecule has 0 heterocycles. The van der Waals surface area contributed by atoms with Crippen molar-refractivity contribution in [2.24, 2.45) is 0 Å². The molecular formula is C70H60N2. The van der Waals surface area contributed by atoms with E-state index < -0.39 is 0 Å². The second-order valence-electron chi connectivity index (χ2n) is 21.6. The summed E-state index contributed by atoms with van der Waals surface area (Å²) in [6.07, 6.45) is 0. The summed E-state index contributed by atoms with van der Waals surface area (Å²) < 4.78 is 0. The average molecular weight is 929 g/mol. The van der Waals surface area contributed by atoms with E-state index in [9.17, 15) is 0 Å². The molecular weight excluding hydrogens is 869 g/mol. The van der Waals surface area contributed by atoms with Crippen LogP contribution in [0.3, 0.4) is 0 Å². The van der Waals surface area contributed by atoms with E-state index in [0.717, 1.165) is 34.1 Å². The van der Waals surface area contributed by atoms with Crippen molar-refractivity contribution in [1.29, 1.82) is 0 Å². The normalized spacial score (nSPS) is 12.9. The Bertz CT molecular complexity index is 3780. The third-order valence-corrected chi connectivity index (χ3v) is 15.4. The summed E-state index contributed by atoms with van der Waals surface area (Å²) in [6.45, 7) is 16.2. The van der Waals surface area contributed by atoms with Crippen LogP contribution in [-0.2, 0) is 10.8 Å². The van der Waals surface area contributed by atoms with E-state index in [-0.39, 0.29) is 10.8 Å². The van der Waals surface area contributed by atoms with Gasteiger partial charge in [-0.2, -0.15) is 0 Å². The summed E-state index contributed by atoms with van der Waals surface area (Å²) in [4.78, 5) is 4.84. The molecule has 2 nitrogen and oxygen atoms in total. The molecule has 0 amide bonds. The molecule has 0 unspecified atom stereocenters. The molecule has 0 radical (unpaired) electrons. The Morgan fingerprint density at radius 3 is 1.47 bits per heavy atom. The predicted octanol–water partition coefficient (Wildman–Crippen LogP) is 20.1. The fourth-order valence-corrected chi connectivity index (χ4v) is 11.6. The Morgan fingerprint density at radius 2 is 0.847 bits per heavy atom. The molecule has 0 saturated carbocycles. The summed E-state index contributed by atoms with van der Waals surface area (Å²) in [6, 6.07) is 86.3. The topological polar surface area (TPSA) is 6.48 Å². The molecule has 0 spiro atoms. The maximum atomic E-state index is 2.51. The van der Waals surface area contributed by atoms with Gasteiger partial charge in [0.1, 0.15) is 0 Å². The van der Waals surface area contributed by atoms with Crippen LogP contribution in [0, 0.1) is 0 Å². The number of para-hydroxylation sites is 2. The Hall–Kier alpha value is -8.20. The van der Waals surface area contributed by atoms with Gasteiger partial charge in [0.15, 0.2) is 0 Å². The van der Waals surface area contributed by atoms with Crippen molar-refractivity contribution < 1.29 is 0 Å². The van der Waals surface area contributed by atoms with Crippen LogP contribution in [0.1, 0.15) is 76.6 Å². The van der Waals surface area contributed by atoms with Crippen LogP contribution in [0.25, 0.3) is 65.7 Å².